The van der Waals surface area contributed by atoms with Gasteiger partial charge in [0.2, 0.25) is 21.8 Å². The van der Waals surface area contributed by atoms with Crippen molar-refractivity contribution >= 4 is 73.9 Å². The normalized spacial score (nSPS) is 13.1. The standard InChI is InChI=1S/C23H27Cl4N3O4S/c1-5-14(2)28-23(32)15(3)29(12-16-17(24)8-6-9-18(16)25)21(31)13-30(35(4,33)34)20-11-7-10-19(26)22(20)27/h6-11,14-15H,5,12-13H2,1-4H3,(H,28,32)/t14-,15-/m0/s1. The third-order valence-electron chi connectivity index (χ3n) is 5.44. The number of carbonyl (C=O) groups is 2. The minimum atomic E-state index is -3.95. The molecule has 0 aliphatic heterocycles. The van der Waals surface area contributed by atoms with Gasteiger partial charge in [-0.15, -0.1) is 0 Å². The van der Waals surface area contributed by atoms with E-state index in [-0.39, 0.29) is 28.3 Å². The van der Waals surface area contributed by atoms with Crippen molar-refractivity contribution in [3.63, 3.8) is 0 Å². The van der Waals surface area contributed by atoms with E-state index in [2.05, 4.69) is 5.32 Å². The molecule has 0 aromatic heterocycles. The first-order chi connectivity index (χ1) is 16.3. The van der Waals surface area contributed by atoms with Crippen molar-refractivity contribution in [2.24, 2.45) is 0 Å². The van der Waals surface area contributed by atoms with Gasteiger partial charge >= 0.3 is 0 Å². The molecule has 0 saturated carbocycles. The Kier molecular flexibility index (Phi) is 10.5. The van der Waals surface area contributed by atoms with Crippen molar-refractivity contribution in [2.45, 2.75) is 45.8 Å². The number of nitrogens with one attached hydrogen (secondary N) is 1. The molecule has 2 aromatic rings. The van der Waals surface area contributed by atoms with Crippen LogP contribution in [0.5, 0.6) is 0 Å². The van der Waals surface area contributed by atoms with Crippen LogP contribution < -0.4 is 9.62 Å². The van der Waals surface area contributed by atoms with E-state index >= 15 is 0 Å². The number of halogens is 4. The van der Waals surface area contributed by atoms with Crippen molar-refractivity contribution in [3.05, 3.63) is 62.1 Å². The monoisotopic (exact) mass is 581 g/mol. The van der Waals surface area contributed by atoms with Crippen molar-refractivity contribution in [1.29, 1.82) is 0 Å². The van der Waals surface area contributed by atoms with E-state index in [0.717, 1.165) is 10.6 Å². The molecule has 0 heterocycles. The largest absolute Gasteiger partial charge is 0.352 e. The molecular weight excluding hydrogens is 556 g/mol. The Bertz CT molecular complexity index is 1170. The van der Waals surface area contributed by atoms with Gasteiger partial charge in [-0.1, -0.05) is 65.5 Å². The quantitative estimate of drug-likeness (QED) is 0.406. The topological polar surface area (TPSA) is 86.8 Å². The molecule has 2 amide bonds. The summed E-state index contributed by atoms with van der Waals surface area (Å²) in [5.74, 6) is -1.06. The van der Waals surface area contributed by atoms with Crippen molar-refractivity contribution < 1.29 is 18.0 Å². The Morgan fingerprint density at radius 1 is 0.971 bits per heavy atom. The van der Waals surface area contributed by atoms with Crippen LogP contribution in [0.2, 0.25) is 20.1 Å². The smallest absolute Gasteiger partial charge is 0.244 e. The molecule has 0 spiro atoms. The van der Waals surface area contributed by atoms with Gasteiger partial charge in [-0.3, -0.25) is 13.9 Å². The molecule has 2 atom stereocenters. The van der Waals surface area contributed by atoms with Gasteiger partial charge < -0.3 is 10.2 Å². The first-order valence-electron chi connectivity index (χ1n) is 10.7. The second-order valence-corrected chi connectivity index (χ2v) is 11.6. The number of amides is 2. The molecule has 2 rings (SSSR count). The van der Waals surface area contributed by atoms with Gasteiger partial charge in [0.05, 0.1) is 22.0 Å². The maximum Gasteiger partial charge on any atom is 0.244 e. The summed E-state index contributed by atoms with van der Waals surface area (Å²) in [6.07, 6.45) is 1.64. The van der Waals surface area contributed by atoms with Crippen LogP contribution in [0.15, 0.2) is 36.4 Å². The summed E-state index contributed by atoms with van der Waals surface area (Å²) in [4.78, 5) is 27.7. The summed E-state index contributed by atoms with van der Waals surface area (Å²) in [6, 6.07) is 8.28. The van der Waals surface area contributed by atoms with Gasteiger partial charge in [-0.25, -0.2) is 8.42 Å². The van der Waals surface area contributed by atoms with Crippen LogP contribution in [-0.2, 0) is 26.2 Å². The first kappa shape index (κ1) is 29.5. The van der Waals surface area contributed by atoms with Crippen LogP contribution in [0.25, 0.3) is 0 Å². The lowest BCUT2D eigenvalue weighted by Crippen LogP contribution is -2.52. The number of benzene rings is 2. The molecule has 0 unspecified atom stereocenters. The van der Waals surface area contributed by atoms with E-state index in [1.165, 1.54) is 23.1 Å². The Balaban J connectivity index is 2.49. The van der Waals surface area contributed by atoms with Crippen LogP contribution in [0.4, 0.5) is 5.69 Å². The Hall–Kier alpha value is -1.71. The van der Waals surface area contributed by atoms with Gasteiger partial charge in [-0.2, -0.15) is 0 Å². The van der Waals surface area contributed by atoms with Gasteiger partial charge in [-0.05, 0) is 44.5 Å². The highest BCUT2D eigenvalue weighted by Crippen LogP contribution is 2.34. The molecule has 0 bridgehead atoms. The lowest BCUT2D eigenvalue weighted by atomic mass is 10.1. The first-order valence-corrected chi connectivity index (χ1v) is 14.1. The predicted octanol–water partition coefficient (Wildman–Crippen LogP) is 5.40. The van der Waals surface area contributed by atoms with E-state index in [4.69, 9.17) is 46.4 Å². The lowest BCUT2D eigenvalue weighted by Gasteiger charge is -2.32. The number of carbonyl (C=O) groups excluding carboxylic acids is 2. The van der Waals surface area contributed by atoms with E-state index in [1.807, 2.05) is 13.8 Å². The SMILES string of the molecule is CC[C@H](C)NC(=O)[C@H](C)N(Cc1c(Cl)cccc1Cl)C(=O)CN(c1cccc(Cl)c1Cl)S(C)(=O)=O. The number of hydrogen-bond donors (Lipinski definition) is 1. The van der Waals surface area contributed by atoms with Crippen LogP contribution in [-0.4, -0.2) is 50.0 Å². The maximum absolute atomic E-state index is 13.6. The average Bonchev–Trinajstić information content (AvgIpc) is 2.78. The molecule has 0 aliphatic carbocycles. The summed E-state index contributed by atoms with van der Waals surface area (Å²) < 4.78 is 26.1. The second kappa shape index (κ2) is 12.5. The van der Waals surface area contributed by atoms with E-state index in [1.54, 1.807) is 25.1 Å². The van der Waals surface area contributed by atoms with E-state index < -0.39 is 34.4 Å². The molecule has 0 radical (unpaired) electrons. The molecule has 192 valence electrons. The number of anilines is 1. The van der Waals surface area contributed by atoms with Crippen LogP contribution in [0.3, 0.4) is 0 Å². The molecule has 0 aliphatic rings. The zero-order valence-corrected chi connectivity index (χ0v) is 23.5. The number of nitrogens with zero attached hydrogens (tertiary/aromatic N) is 2. The van der Waals surface area contributed by atoms with Gasteiger partial charge in [0.1, 0.15) is 12.6 Å². The molecule has 7 nitrogen and oxygen atoms in total. The average molecular weight is 583 g/mol. The van der Waals surface area contributed by atoms with Gasteiger partial charge in [0.15, 0.2) is 0 Å². The molecule has 1 N–H and O–H groups in total. The van der Waals surface area contributed by atoms with Crippen LogP contribution >= 0.6 is 46.4 Å². The van der Waals surface area contributed by atoms with Crippen LogP contribution in [0.1, 0.15) is 32.8 Å². The fourth-order valence-corrected chi connectivity index (χ4v) is 5.00. The molecule has 35 heavy (non-hydrogen) atoms. The molecule has 2 aromatic carbocycles. The summed E-state index contributed by atoms with van der Waals surface area (Å²) in [5.41, 5.74) is 0.474. The zero-order valence-electron chi connectivity index (χ0n) is 19.7. The summed E-state index contributed by atoms with van der Waals surface area (Å²) in [7, 11) is -3.95. The van der Waals surface area contributed by atoms with Crippen LogP contribution in [0, 0.1) is 0 Å². The summed E-state index contributed by atoms with van der Waals surface area (Å²) in [5, 5.41) is 3.57. The number of sulfonamides is 1. The third kappa shape index (κ3) is 7.64. The van der Waals surface area contributed by atoms with Crippen molar-refractivity contribution in [3.8, 4) is 0 Å². The highest BCUT2D eigenvalue weighted by atomic mass is 35.5. The number of hydrogen-bond acceptors (Lipinski definition) is 4. The lowest BCUT2D eigenvalue weighted by molar-refractivity contribution is -0.139. The fraction of sp³-hybridized carbons (Fsp3) is 0.391. The minimum Gasteiger partial charge on any atom is -0.352 e. The fourth-order valence-electron chi connectivity index (χ4n) is 3.18. The molecule has 0 saturated heterocycles. The minimum absolute atomic E-state index is 0.0179. The van der Waals surface area contributed by atoms with E-state index in [0.29, 0.717) is 22.0 Å². The van der Waals surface area contributed by atoms with Gasteiger partial charge in [0, 0.05) is 28.2 Å². The Labute approximate surface area is 226 Å². The highest BCUT2D eigenvalue weighted by molar-refractivity contribution is 7.92. The second-order valence-electron chi connectivity index (χ2n) is 8.06. The van der Waals surface area contributed by atoms with Gasteiger partial charge in [0.25, 0.3) is 0 Å². The third-order valence-corrected chi connectivity index (χ3v) is 8.08. The highest BCUT2D eigenvalue weighted by Gasteiger charge is 2.32. The molecule has 12 heteroatoms. The van der Waals surface area contributed by atoms with Crippen molar-refractivity contribution in [2.75, 3.05) is 17.1 Å². The summed E-state index contributed by atoms with van der Waals surface area (Å²) >= 11 is 25.0. The number of rotatable bonds is 10. The zero-order chi connectivity index (χ0) is 26.5. The predicted molar refractivity (Wildman–Crippen MR) is 143 cm³/mol. The Morgan fingerprint density at radius 3 is 2.06 bits per heavy atom. The molecular formula is C23H27Cl4N3O4S. The summed E-state index contributed by atoms with van der Waals surface area (Å²) in [6.45, 7) is 4.57. The maximum atomic E-state index is 13.6. The molecule has 0 fully saturated rings. The van der Waals surface area contributed by atoms with Crippen molar-refractivity contribution in [1.82, 2.24) is 10.2 Å². The Morgan fingerprint density at radius 2 is 1.51 bits per heavy atom. The van der Waals surface area contributed by atoms with E-state index in [9.17, 15) is 18.0 Å².